The van der Waals surface area contributed by atoms with E-state index >= 15 is 0 Å². The molecule has 4 atom stereocenters. The normalized spacial score (nSPS) is 20.6. The van der Waals surface area contributed by atoms with E-state index in [9.17, 15) is 14.7 Å². The number of ether oxygens (including phenoxy) is 2. The van der Waals surface area contributed by atoms with Crippen molar-refractivity contribution in [2.45, 2.75) is 71.8 Å². The Morgan fingerprint density at radius 1 is 1.07 bits per heavy atom. The molecule has 4 rings (SSSR count). The molecule has 0 spiro atoms. The predicted molar refractivity (Wildman–Crippen MR) is 167 cm³/mol. The van der Waals surface area contributed by atoms with Gasteiger partial charge < -0.3 is 19.9 Å². The molecule has 2 fully saturated rings. The van der Waals surface area contributed by atoms with Crippen LogP contribution in [0.2, 0.25) is 0 Å². The number of hydrogen-bond acceptors (Lipinski definition) is 6. The fourth-order valence-corrected chi connectivity index (χ4v) is 5.80. The molecule has 0 aliphatic heterocycles. The van der Waals surface area contributed by atoms with E-state index in [1.165, 1.54) is 23.7 Å². The van der Waals surface area contributed by atoms with Gasteiger partial charge in [0.25, 0.3) is 0 Å². The second kappa shape index (κ2) is 19.9. The number of allylic oxidation sites excluding steroid dienone is 3. The number of aryl methyl sites for hydroxylation is 1. The lowest BCUT2D eigenvalue weighted by atomic mass is 9.76. The maximum Gasteiger partial charge on any atom is 0.219 e. The summed E-state index contributed by atoms with van der Waals surface area (Å²) in [5.41, 5.74) is 2.98. The van der Waals surface area contributed by atoms with Crippen molar-refractivity contribution in [3.8, 4) is 11.5 Å². The Bertz CT molecular complexity index is 1070. The summed E-state index contributed by atoms with van der Waals surface area (Å²) in [6.45, 7) is 10.3. The number of thioether (sulfide) groups is 1. The summed E-state index contributed by atoms with van der Waals surface area (Å²) >= 11 is 1.33. The molecule has 0 aromatic heterocycles. The molecule has 3 unspecified atom stereocenters. The molecule has 2 aliphatic carbocycles. The highest BCUT2D eigenvalue weighted by Crippen LogP contribution is 2.50. The van der Waals surface area contributed by atoms with Crippen LogP contribution in [-0.2, 0) is 16.1 Å². The lowest BCUT2D eigenvalue weighted by Crippen LogP contribution is -2.30. The smallest absolute Gasteiger partial charge is 0.219 e. The first kappa shape index (κ1) is 35.0. The van der Waals surface area contributed by atoms with Crippen molar-refractivity contribution in [1.82, 2.24) is 5.32 Å². The van der Waals surface area contributed by atoms with Crippen molar-refractivity contribution in [3.05, 3.63) is 83.5 Å². The number of nitrogens with one attached hydrogen (secondary N) is 1. The molecule has 2 saturated carbocycles. The van der Waals surface area contributed by atoms with Crippen LogP contribution in [0.4, 0.5) is 0 Å². The molecule has 2 aromatic carbocycles. The number of aliphatic hydroxyl groups is 1. The number of fused-ring (bicyclic) bond motifs is 1. The van der Waals surface area contributed by atoms with E-state index in [1.807, 2.05) is 76.3 Å². The topological polar surface area (TPSA) is 84.9 Å². The molecule has 1 amide bonds. The molecule has 2 N–H and O–H groups in total. The van der Waals surface area contributed by atoms with Crippen LogP contribution in [0.25, 0.3) is 0 Å². The molecular weight excluding hydrogens is 522 g/mol. The number of amides is 1. The number of carbonyl (C=O) groups is 2. The number of methoxy groups -OCH3 is 2. The standard InChI is InChI=1S/C14H20O2S.C10H13NO3.C7H8.C2H6/c1-3-5-9(4-2)14(16)17-12-8-10-6-7-11(10)13(12)15;1-13-9-4-3-8(6-11-7-12)10(5-9)14-2;1-7-5-3-2-4-6-7;1-2/h3-5,10-13,15H,6-8H2,1-2H3;3-5,7H,6H2,1-2H3,(H,11,12);2-6H,1H3;1-2H3/b5-3-,9-4+;;;/t10?,11?,12-,13?;;;/m1.../s1. The largest absolute Gasteiger partial charge is 0.497 e. The molecular formula is C33H47NO5S. The minimum absolute atomic E-state index is 0.0935. The second-order valence-corrected chi connectivity index (χ2v) is 10.5. The first-order chi connectivity index (χ1) is 19.4. The van der Waals surface area contributed by atoms with Gasteiger partial charge in [0.2, 0.25) is 11.5 Å². The van der Waals surface area contributed by atoms with Crippen molar-refractivity contribution < 1.29 is 24.2 Å². The monoisotopic (exact) mass is 569 g/mol. The van der Waals surface area contributed by atoms with Crippen LogP contribution in [0, 0.1) is 18.8 Å². The molecule has 2 aromatic rings. The zero-order valence-corrected chi connectivity index (χ0v) is 25.9. The zero-order valence-electron chi connectivity index (χ0n) is 25.1. The summed E-state index contributed by atoms with van der Waals surface area (Å²) in [6.07, 6.45) is 9.32. The Labute approximate surface area is 245 Å². The Morgan fingerprint density at radius 2 is 1.77 bits per heavy atom. The van der Waals surface area contributed by atoms with Crippen molar-refractivity contribution in [3.63, 3.8) is 0 Å². The van der Waals surface area contributed by atoms with E-state index < -0.39 is 0 Å². The third kappa shape index (κ3) is 11.2. The van der Waals surface area contributed by atoms with E-state index in [2.05, 4.69) is 24.4 Å². The van der Waals surface area contributed by atoms with Gasteiger partial charge >= 0.3 is 0 Å². The van der Waals surface area contributed by atoms with Crippen molar-refractivity contribution in [2.75, 3.05) is 14.2 Å². The molecule has 2 aliphatic rings. The van der Waals surface area contributed by atoms with E-state index in [-0.39, 0.29) is 16.5 Å². The third-order valence-electron chi connectivity index (χ3n) is 6.79. The summed E-state index contributed by atoms with van der Waals surface area (Å²) in [5, 5.41) is 12.9. The Hall–Kier alpha value is -3.03. The summed E-state index contributed by atoms with van der Waals surface area (Å²) in [5.74, 6) is 2.58. The van der Waals surface area contributed by atoms with Crippen LogP contribution in [0.15, 0.2) is 72.3 Å². The number of carbonyl (C=O) groups excluding carboxylic acids is 2. The van der Waals surface area contributed by atoms with E-state index in [4.69, 9.17) is 9.47 Å². The summed E-state index contributed by atoms with van der Waals surface area (Å²) in [4.78, 5) is 22.2. The van der Waals surface area contributed by atoms with Crippen LogP contribution in [0.5, 0.6) is 11.5 Å². The summed E-state index contributed by atoms with van der Waals surface area (Å²) in [6, 6.07) is 15.7. The van der Waals surface area contributed by atoms with Crippen LogP contribution >= 0.6 is 11.8 Å². The predicted octanol–water partition coefficient (Wildman–Crippen LogP) is 6.90. The molecule has 0 bridgehead atoms. The average molecular weight is 570 g/mol. The van der Waals surface area contributed by atoms with Crippen molar-refractivity contribution >= 4 is 23.3 Å². The molecule has 0 heterocycles. The minimum Gasteiger partial charge on any atom is -0.497 e. The van der Waals surface area contributed by atoms with Gasteiger partial charge in [-0.05, 0) is 64.0 Å². The minimum atomic E-state index is -0.272. The van der Waals surface area contributed by atoms with Gasteiger partial charge in [0.1, 0.15) is 11.5 Å². The van der Waals surface area contributed by atoms with Crippen LogP contribution in [0.1, 0.15) is 58.1 Å². The van der Waals surface area contributed by atoms with Crippen LogP contribution in [0.3, 0.4) is 0 Å². The van der Waals surface area contributed by atoms with Crippen molar-refractivity contribution in [2.24, 2.45) is 11.8 Å². The summed E-state index contributed by atoms with van der Waals surface area (Å²) in [7, 11) is 3.18. The fourth-order valence-electron chi connectivity index (χ4n) is 4.52. The molecule has 220 valence electrons. The van der Waals surface area contributed by atoms with E-state index in [0.29, 0.717) is 30.5 Å². The first-order valence-corrected chi connectivity index (χ1v) is 14.8. The average Bonchev–Trinajstić information content (AvgIpc) is 3.18. The van der Waals surface area contributed by atoms with Crippen molar-refractivity contribution in [1.29, 1.82) is 0 Å². The van der Waals surface area contributed by atoms with Gasteiger partial charge in [-0.3, -0.25) is 9.59 Å². The first-order valence-electron chi connectivity index (χ1n) is 14.0. The molecule has 40 heavy (non-hydrogen) atoms. The van der Waals surface area contributed by atoms with Gasteiger partial charge in [0.15, 0.2) is 0 Å². The zero-order chi connectivity index (χ0) is 29.9. The molecule has 0 radical (unpaired) electrons. The Kier molecular flexibility index (Phi) is 17.4. The maximum atomic E-state index is 12.0. The maximum absolute atomic E-state index is 12.0. The highest BCUT2D eigenvalue weighted by atomic mass is 32.2. The number of rotatable bonds is 8. The lowest BCUT2D eigenvalue weighted by Gasteiger charge is -2.31. The molecule has 7 heteroatoms. The van der Waals surface area contributed by atoms with Gasteiger partial charge in [-0.15, -0.1) is 0 Å². The third-order valence-corrected chi connectivity index (χ3v) is 8.02. The highest BCUT2D eigenvalue weighted by Gasteiger charge is 2.48. The Balaban J connectivity index is 0.000000312. The molecule has 6 nitrogen and oxygen atoms in total. The van der Waals surface area contributed by atoms with E-state index in [0.717, 1.165) is 29.7 Å². The van der Waals surface area contributed by atoms with Gasteiger partial charge in [0, 0.05) is 29.0 Å². The van der Waals surface area contributed by atoms with Gasteiger partial charge in [0.05, 0.1) is 20.3 Å². The van der Waals surface area contributed by atoms with Gasteiger partial charge in [-0.25, -0.2) is 0 Å². The van der Waals surface area contributed by atoms with Crippen LogP contribution in [-0.4, -0.2) is 42.2 Å². The number of aliphatic hydroxyl groups excluding tert-OH is 1. The Morgan fingerprint density at radius 3 is 2.20 bits per heavy atom. The summed E-state index contributed by atoms with van der Waals surface area (Å²) < 4.78 is 10.2. The fraction of sp³-hybridized carbons (Fsp3) is 0.455. The van der Waals surface area contributed by atoms with Gasteiger partial charge in [-0.2, -0.15) is 0 Å². The highest BCUT2D eigenvalue weighted by molar-refractivity contribution is 8.14. The SMILES string of the molecule is C/C=C\C(=C/C)C(=O)S[C@@H]1CC2CCC2C1O.CC.COc1ccc(CNC=O)c(OC)c1.Cc1ccccc1. The molecule has 0 saturated heterocycles. The quantitative estimate of drug-likeness (QED) is 0.204. The second-order valence-electron chi connectivity index (χ2n) is 9.25. The lowest BCUT2D eigenvalue weighted by molar-refractivity contribution is -0.109. The number of benzene rings is 2. The van der Waals surface area contributed by atoms with Crippen LogP contribution < -0.4 is 14.8 Å². The van der Waals surface area contributed by atoms with E-state index in [1.54, 1.807) is 20.3 Å². The number of hydrogen-bond donors (Lipinski definition) is 2. The van der Waals surface area contributed by atoms with Gasteiger partial charge in [-0.1, -0.05) is 79.7 Å².